The van der Waals surface area contributed by atoms with E-state index in [1.54, 1.807) is 13.0 Å². The molecule has 9 heteroatoms. The fourth-order valence-electron chi connectivity index (χ4n) is 2.77. The highest BCUT2D eigenvalue weighted by atomic mass is 16.6. The molecule has 0 aromatic rings. The van der Waals surface area contributed by atoms with Gasteiger partial charge in [0.05, 0.1) is 0 Å². The minimum atomic E-state index is -0.597. The van der Waals surface area contributed by atoms with Crippen molar-refractivity contribution in [1.29, 1.82) is 0 Å². The number of nitrogens with two attached hydrogens (primary N) is 1. The van der Waals surface area contributed by atoms with Crippen LogP contribution in [0.5, 0.6) is 0 Å². The maximum Gasteiger partial charge on any atom is 0.264 e. The highest BCUT2D eigenvalue weighted by molar-refractivity contribution is 5.97. The first-order valence-electron chi connectivity index (χ1n) is 12.1. The standard InChI is InChI=1S/C14H19N5O4.C10H16.C2H6.C2H2/c1-2-16-14(21)10(4-3-9-19(22)23)5-6-12-17-8-7-11(18-12)13(15)20;1-5-9(6-2)10(7-3)8-4;2*1-2/h3-5,7-8,12,18H,2,6,9H2,1H3,(H2,15,20)(H,16,21);5,7H,1,3,6,8H2,2,4H3;1-2H3;1-2H/b4-3-,10-5+;10-9-;;. The van der Waals surface area contributed by atoms with Crippen molar-refractivity contribution in [3.8, 4) is 12.8 Å². The SMILES string of the molecule is C#C.C=C/C(CC)=C(\C=C)CC.CC.CCNC(=O)C(/C=C\C[N+](=O)[O-])=C/CC1N=CC=C(C(N)=O)N1. The lowest BCUT2D eigenvalue weighted by Gasteiger charge is -2.18. The first-order chi connectivity index (χ1) is 17.7. The van der Waals surface area contributed by atoms with Crippen LogP contribution in [0.4, 0.5) is 0 Å². The highest BCUT2D eigenvalue weighted by Gasteiger charge is 2.14. The molecule has 1 aliphatic rings. The maximum absolute atomic E-state index is 11.9. The number of nitrogens with zero attached hydrogens (tertiary/aromatic N) is 2. The van der Waals surface area contributed by atoms with Crippen LogP contribution in [0.1, 0.15) is 53.9 Å². The van der Waals surface area contributed by atoms with Crippen LogP contribution in [0.3, 0.4) is 0 Å². The number of hydrogen-bond donors (Lipinski definition) is 3. The van der Waals surface area contributed by atoms with Crippen LogP contribution in [-0.2, 0) is 9.59 Å². The summed E-state index contributed by atoms with van der Waals surface area (Å²) in [6.07, 6.45) is 21.0. The molecule has 0 radical (unpaired) electrons. The highest BCUT2D eigenvalue weighted by Crippen LogP contribution is 2.13. The van der Waals surface area contributed by atoms with Crippen LogP contribution in [0.2, 0.25) is 0 Å². The van der Waals surface area contributed by atoms with E-state index in [1.165, 1.54) is 35.6 Å². The van der Waals surface area contributed by atoms with E-state index >= 15 is 0 Å². The number of allylic oxidation sites excluding steroid dienone is 5. The smallest absolute Gasteiger partial charge is 0.264 e. The molecule has 1 atom stereocenters. The predicted octanol–water partition coefficient (Wildman–Crippen LogP) is 4.39. The normalized spacial score (nSPS) is 14.4. The molecule has 1 heterocycles. The molecule has 0 saturated heterocycles. The van der Waals surface area contributed by atoms with Crippen LogP contribution >= 0.6 is 0 Å². The molecule has 37 heavy (non-hydrogen) atoms. The van der Waals surface area contributed by atoms with E-state index in [0.29, 0.717) is 18.5 Å². The molecular weight excluding hydrogens is 470 g/mol. The maximum atomic E-state index is 11.9. The molecule has 0 aliphatic carbocycles. The van der Waals surface area contributed by atoms with Gasteiger partial charge in [-0.1, -0.05) is 59.1 Å². The molecule has 204 valence electrons. The third kappa shape index (κ3) is 17.8. The van der Waals surface area contributed by atoms with Gasteiger partial charge < -0.3 is 16.4 Å². The predicted molar refractivity (Wildman–Crippen MR) is 154 cm³/mol. The quantitative estimate of drug-likeness (QED) is 0.117. The van der Waals surface area contributed by atoms with Gasteiger partial charge in [-0.2, -0.15) is 0 Å². The lowest BCUT2D eigenvalue weighted by molar-refractivity contribution is -0.468. The second-order valence-electron chi connectivity index (χ2n) is 6.74. The number of primary amides is 1. The Balaban J connectivity index is -0.000000691. The first-order valence-corrected chi connectivity index (χ1v) is 12.1. The molecule has 1 aliphatic heterocycles. The van der Waals surface area contributed by atoms with E-state index in [9.17, 15) is 19.7 Å². The zero-order valence-corrected chi connectivity index (χ0v) is 22.8. The third-order valence-corrected chi connectivity index (χ3v) is 4.47. The van der Waals surface area contributed by atoms with Gasteiger partial charge in [0.1, 0.15) is 11.9 Å². The minimum absolute atomic E-state index is 0.238. The molecular formula is C28H43N5O4. The van der Waals surface area contributed by atoms with Crippen LogP contribution in [0.25, 0.3) is 0 Å². The number of terminal acetylenes is 1. The molecule has 0 spiro atoms. The first kappa shape index (κ1) is 37.4. The van der Waals surface area contributed by atoms with Crippen molar-refractivity contribution in [2.24, 2.45) is 10.7 Å². The van der Waals surface area contributed by atoms with Crippen molar-refractivity contribution in [3.05, 3.63) is 82.1 Å². The summed E-state index contributed by atoms with van der Waals surface area (Å²) in [6.45, 7) is 17.6. The Morgan fingerprint density at radius 1 is 1.19 bits per heavy atom. The van der Waals surface area contributed by atoms with E-state index in [1.807, 2.05) is 26.0 Å². The van der Waals surface area contributed by atoms with E-state index in [2.05, 4.69) is 55.5 Å². The second kappa shape index (κ2) is 24.9. The Morgan fingerprint density at radius 2 is 1.73 bits per heavy atom. The second-order valence-corrected chi connectivity index (χ2v) is 6.74. The Bertz CT molecular complexity index is 891. The van der Waals surface area contributed by atoms with Gasteiger partial charge in [0, 0.05) is 29.7 Å². The summed E-state index contributed by atoms with van der Waals surface area (Å²) in [4.78, 5) is 37.0. The number of nitro groups is 1. The fraction of sp³-hybridized carbons (Fsp3) is 0.393. The van der Waals surface area contributed by atoms with Crippen molar-refractivity contribution in [1.82, 2.24) is 10.6 Å². The molecule has 0 fully saturated rings. The van der Waals surface area contributed by atoms with Gasteiger partial charge in [0.15, 0.2) is 0 Å². The molecule has 0 saturated carbocycles. The number of carbonyl (C=O) groups is 2. The van der Waals surface area contributed by atoms with Gasteiger partial charge in [0.25, 0.3) is 11.8 Å². The summed E-state index contributed by atoms with van der Waals surface area (Å²) in [5.74, 6) is -0.933. The number of hydrogen-bond acceptors (Lipinski definition) is 6. The van der Waals surface area contributed by atoms with Crippen LogP contribution in [0, 0.1) is 23.0 Å². The van der Waals surface area contributed by atoms with Crippen molar-refractivity contribution in [2.45, 2.75) is 60.0 Å². The monoisotopic (exact) mass is 513 g/mol. The summed E-state index contributed by atoms with van der Waals surface area (Å²) in [5, 5.41) is 15.8. The molecule has 1 rings (SSSR count). The number of amides is 2. The number of nitrogens with one attached hydrogen (secondary N) is 2. The Kier molecular flexibility index (Phi) is 25.2. The largest absolute Gasteiger partial charge is 0.364 e. The zero-order chi connectivity index (χ0) is 29.2. The third-order valence-electron chi connectivity index (χ3n) is 4.47. The fourth-order valence-corrected chi connectivity index (χ4v) is 2.77. The summed E-state index contributed by atoms with van der Waals surface area (Å²) >= 11 is 0. The van der Waals surface area contributed by atoms with E-state index in [0.717, 1.165) is 12.8 Å². The summed E-state index contributed by atoms with van der Waals surface area (Å²) < 4.78 is 0. The average molecular weight is 514 g/mol. The Morgan fingerprint density at radius 3 is 2.14 bits per heavy atom. The van der Waals surface area contributed by atoms with E-state index in [-0.39, 0.29) is 18.1 Å². The number of aliphatic imine (C=N–C) groups is 1. The van der Waals surface area contributed by atoms with Crippen molar-refractivity contribution in [3.63, 3.8) is 0 Å². The topological polar surface area (TPSA) is 140 Å². The summed E-state index contributed by atoms with van der Waals surface area (Å²) in [7, 11) is 0. The zero-order valence-electron chi connectivity index (χ0n) is 22.8. The lowest BCUT2D eigenvalue weighted by Crippen LogP contribution is -2.35. The van der Waals surface area contributed by atoms with Gasteiger partial charge in [0.2, 0.25) is 6.54 Å². The summed E-state index contributed by atoms with van der Waals surface area (Å²) in [5.41, 5.74) is 8.35. The number of carbonyl (C=O) groups excluding carboxylic acids is 2. The van der Waals surface area contributed by atoms with Gasteiger partial charge in [-0.15, -0.1) is 12.8 Å². The van der Waals surface area contributed by atoms with E-state index in [4.69, 9.17) is 5.73 Å². The molecule has 9 nitrogen and oxygen atoms in total. The van der Waals surface area contributed by atoms with Crippen LogP contribution in [0.15, 0.2) is 77.0 Å². The van der Waals surface area contributed by atoms with Gasteiger partial charge in [-0.25, -0.2) is 0 Å². The lowest BCUT2D eigenvalue weighted by atomic mass is 10.0. The van der Waals surface area contributed by atoms with Crippen molar-refractivity contribution >= 4 is 18.0 Å². The molecule has 1 unspecified atom stereocenters. The van der Waals surface area contributed by atoms with Crippen LogP contribution < -0.4 is 16.4 Å². The molecule has 0 aromatic carbocycles. The molecule has 0 bridgehead atoms. The molecule has 2 amide bonds. The number of rotatable bonds is 12. The van der Waals surface area contributed by atoms with E-state index < -0.39 is 17.0 Å². The van der Waals surface area contributed by atoms with Gasteiger partial charge in [-0.3, -0.25) is 24.7 Å². The Hall–Kier alpha value is -4.19. The average Bonchev–Trinajstić information content (AvgIpc) is 2.91. The molecule has 0 aromatic heterocycles. The minimum Gasteiger partial charge on any atom is -0.364 e. The van der Waals surface area contributed by atoms with Crippen molar-refractivity contribution in [2.75, 3.05) is 13.1 Å². The summed E-state index contributed by atoms with van der Waals surface area (Å²) in [6, 6.07) is 0. The molecule has 4 N–H and O–H groups in total. The van der Waals surface area contributed by atoms with Crippen LogP contribution in [-0.4, -0.2) is 42.2 Å². The van der Waals surface area contributed by atoms with Crippen molar-refractivity contribution < 1.29 is 14.5 Å². The Labute approximate surface area is 222 Å². The number of likely N-dealkylation sites (N-methyl/N-ethyl adjacent to an activating group) is 1. The van der Waals surface area contributed by atoms with Gasteiger partial charge >= 0.3 is 0 Å². The van der Waals surface area contributed by atoms with Gasteiger partial charge in [-0.05, 0) is 49.1 Å².